The van der Waals surface area contributed by atoms with E-state index in [1.807, 2.05) is 4.90 Å². The van der Waals surface area contributed by atoms with Crippen molar-refractivity contribution in [3.05, 3.63) is 0 Å². The highest BCUT2D eigenvalue weighted by atomic mass is 16.3. The van der Waals surface area contributed by atoms with E-state index in [-0.39, 0.29) is 5.91 Å². The Morgan fingerprint density at radius 3 is 2.53 bits per heavy atom. The molecule has 0 aliphatic carbocycles. The molecule has 0 aromatic heterocycles. The lowest BCUT2D eigenvalue weighted by Crippen LogP contribution is -2.50. The molecule has 88 valence electrons. The fourth-order valence-electron chi connectivity index (χ4n) is 1.86. The molecule has 0 spiro atoms. The molecule has 0 aromatic carbocycles. The molecule has 0 unspecified atom stereocenters. The van der Waals surface area contributed by atoms with E-state index in [1.165, 1.54) is 0 Å². The minimum absolute atomic E-state index is 0.218. The van der Waals surface area contributed by atoms with Crippen molar-refractivity contribution in [2.24, 2.45) is 5.73 Å². The van der Waals surface area contributed by atoms with E-state index < -0.39 is 5.60 Å². The number of amides is 1. The molecule has 0 saturated carbocycles. The Balaban J connectivity index is 2.33. The van der Waals surface area contributed by atoms with Crippen molar-refractivity contribution in [3.8, 4) is 0 Å². The third-order valence-electron chi connectivity index (χ3n) is 3.17. The topological polar surface area (TPSA) is 66.6 Å². The fourth-order valence-corrected chi connectivity index (χ4v) is 1.86. The van der Waals surface area contributed by atoms with Crippen molar-refractivity contribution in [1.82, 2.24) is 4.90 Å². The molecule has 1 aliphatic rings. The van der Waals surface area contributed by atoms with Crippen LogP contribution in [0.1, 0.15) is 39.0 Å². The first-order chi connectivity index (χ1) is 7.11. The number of aliphatic hydroxyl groups is 1. The zero-order valence-corrected chi connectivity index (χ0v) is 9.54. The molecule has 0 aromatic rings. The van der Waals surface area contributed by atoms with Crippen LogP contribution >= 0.6 is 0 Å². The highest BCUT2D eigenvalue weighted by Crippen LogP contribution is 2.21. The first-order valence-corrected chi connectivity index (χ1v) is 5.81. The summed E-state index contributed by atoms with van der Waals surface area (Å²) in [5.41, 5.74) is 4.75. The van der Waals surface area contributed by atoms with Gasteiger partial charge in [-0.25, -0.2) is 0 Å². The molecule has 0 atom stereocenters. The Morgan fingerprint density at radius 2 is 2.07 bits per heavy atom. The number of hydrogen-bond acceptors (Lipinski definition) is 3. The summed E-state index contributed by atoms with van der Waals surface area (Å²) in [4.78, 5) is 13.5. The molecule has 0 radical (unpaired) electrons. The molecule has 1 amide bonds. The SMILES string of the molecule is CCCCC(=O)N1CCC(O)(CN)CC1. The van der Waals surface area contributed by atoms with Crippen LogP contribution in [0.25, 0.3) is 0 Å². The lowest BCUT2D eigenvalue weighted by molar-refractivity contribution is -0.135. The zero-order valence-electron chi connectivity index (χ0n) is 9.54. The first-order valence-electron chi connectivity index (χ1n) is 5.81. The minimum Gasteiger partial charge on any atom is -0.388 e. The molecular weight excluding hydrogens is 192 g/mol. The van der Waals surface area contributed by atoms with E-state index in [0.717, 1.165) is 12.8 Å². The van der Waals surface area contributed by atoms with Gasteiger partial charge in [-0.1, -0.05) is 13.3 Å². The van der Waals surface area contributed by atoms with Crippen LogP contribution < -0.4 is 5.73 Å². The lowest BCUT2D eigenvalue weighted by Gasteiger charge is -2.37. The quantitative estimate of drug-likeness (QED) is 0.715. The lowest BCUT2D eigenvalue weighted by atomic mass is 9.91. The molecule has 1 heterocycles. The standard InChI is InChI=1S/C11H22N2O2/c1-2-3-4-10(14)13-7-5-11(15,9-12)6-8-13/h15H,2-9,12H2,1H3. The van der Waals surface area contributed by atoms with Crippen LogP contribution in [0.3, 0.4) is 0 Å². The highest BCUT2D eigenvalue weighted by molar-refractivity contribution is 5.76. The van der Waals surface area contributed by atoms with Crippen molar-refractivity contribution in [2.75, 3.05) is 19.6 Å². The summed E-state index contributed by atoms with van der Waals surface area (Å²) in [6.07, 6.45) is 3.86. The average molecular weight is 214 g/mol. The number of nitrogens with zero attached hydrogens (tertiary/aromatic N) is 1. The monoisotopic (exact) mass is 214 g/mol. The Morgan fingerprint density at radius 1 is 1.47 bits per heavy atom. The molecule has 1 aliphatic heterocycles. The van der Waals surface area contributed by atoms with E-state index in [4.69, 9.17) is 5.73 Å². The highest BCUT2D eigenvalue weighted by Gasteiger charge is 2.32. The average Bonchev–Trinajstić information content (AvgIpc) is 2.27. The van der Waals surface area contributed by atoms with E-state index in [1.54, 1.807) is 0 Å². The van der Waals surface area contributed by atoms with Crippen LogP contribution in [0.15, 0.2) is 0 Å². The second-order valence-electron chi connectivity index (χ2n) is 4.41. The summed E-state index contributed by atoms with van der Waals surface area (Å²) in [6, 6.07) is 0. The van der Waals surface area contributed by atoms with Crippen LogP contribution in [-0.4, -0.2) is 41.1 Å². The Kier molecular flexibility index (Phi) is 4.54. The van der Waals surface area contributed by atoms with E-state index >= 15 is 0 Å². The summed E-state index contributed by atoms with van der Waals surface area (Å²) in [5.74, 6) is 0.218. The maximum absolute atomic E-state index is 11.7. The third-order valence-corrected chi connectivity index (χ3v) is 3.17. The number of piperidine rings is 1. The van der Waals surface area contributed by atoms with Gasteiger partial charge in [-0.3, -0.25) is 4.79 Å². The normalized spacial score (nSPS) is 20.3. The van der Waals surface area contributed by atoms with E-state index in [9.17, 15) is 9.90 Å². The van der Waals surface area contributed by atoms with Gasteiger partial charge in [-0.15, -0.1) is 0 Å². The Labute approximate surface area is 91.4 Å². The van der Waals surface area contributed by atoms with Gasteiger partial charge in [-0.2, -0.15) is 0 Å². The smallest absolute Gasteiger partial charge is 0.222 e. The molecular formula is C11H22N2O2. The number of carbonyl (C=O) groups is 1. The fraction of sp³-hybridized carbons (Fsp3) is 0.909. The largest absolute Gasteiger partial charge is 0.388 e. The van der Waals surface area contributed by atoms with Gasteiger partial charge in [0.05, 0.1) is 5.60 Å². The first kappa shape index (κ1) is 12.5. The molecule has 1 saturated heterocycles. The van der Waals surface area contributed by atoms with Gasteiger partial charge in [-0.05, 0) is 19.3 Å². The van der Waals surface area contributed by atoms with Crippen LogP contribution in [0.4, 0.5) is 0 Å². The van der Waals surface area contributed by atoms with Gasteiger partial charge in [0.2, 0.25) is 5.91 Å². The number of carbonyl (C=O) groups excluding carboxylic acids is 1. The molecule has 0 bridgehead atoms. The second kappa shape index (κ2) is 5.47. The molecule has 4 heteroatoms. The predicted molar refractivity (Wildman–Crippen MR) is 59.3 cm³/mol. The molecule has 15 heavy (non-hydrogen) atoms. The Bertz CT molecular complexity index is 211. The number of unbranched alkanes of at least 4 members (excludes halogenated alkanes) is 1. The maximum Gasteiger partial charge on any atom is 0.222 e. The number of rotatable bonds is 4. The van der Waals surface area contributed by atoms with E-state index in [2.05, 4.69) is 6.92 Å². The van der Waals surface area contributed by atoms with Gasteiger partial charge in [0.15, 0.2) is 0 Å². The van der Waals surface area contributed by atoms with Gasteiger partial charge >= 0.3 is 0 Å². The van der Waals surface area contributed by atoms with Crippen molar-refractivity contribution in [2.45, 2.75) is 44.6 Å². The summed E-state index contributed by atoms with van der Waals surface area (Å²) < 4.78 is 0. The van der Waals surface area contributed by atoms with Crippen molar-refractivity contribution in [3.63, 3.8) is 0 Å². The number of hydrogen-bond donors (Lipinski definition) is 2. The number of likely N-dealkylation sites (tertiary alicyclic amines) is 1. The summed E-state index contributed by atoms with van der Waals surface area (Å²) in [5, 5.41) is 9.89. The maximum atomic E-state index is 11.7. The Hall–Kier alpha value is -0.610. The second-order valence-corrected chi connectivity index (χ2v) is 4.41. The summed E-state index contributed by atoms with van der Waals surface area (Å²) in [6.45, 7) is 3.67. The third kappa shape index (κ3) is 3.47. The summed E-state index contributed by atoms with van der Waals surface area (Å²) in [7, 11) is 0. The van der Waals surface area contributed by atoms with Crippen LogP contribution in [0.2, 0.25) is 0 Å². The van der Waals surface area contributed by atoms with Crippen molar-refractivity contribution < 1.29 is 9.90 Å². The number of nitrogens with two attached hydrogens (primary N) is 1. The zero-order chi connectivity index (χ0) is 11.3. The van der Waals surface area contributed by atoms with Gasteiger partial charge in [0.25, 0.3) is 0 Å². The van der Waals surface area contributed by atoms with Gasteiger partial charge in [0.1, 0.15) is 0 Å². The predicted octanol–water partition coefficient (Wildman–Crippen LogP) is 0.489. The van der Waals surface area contributed by atoms with Gasteiger partial charge in [0, 0.05) is 26.1 Å². The molecule has 1 rings (SSSR count). The summed E-state index contributed by atoms with van der Waals surface area (Å²) >= 11 is 0. The van der Waals surface area contributed by atoms with E-state index in [0.29, 0.717) is 38.9 Å². The van der Waals surface area contributed by atoms with Crippen LogP contribution in [0, 0.1) is 0 Å². The molecule has 1 fully saturated rings. The van der Waals surface area contributed by atoms with Crippen molar-refractivity contribution >= 4 is 5.91 Å². The van der Waals surface area contributed by atoms with Crippen LogP contribution in [0.5, 0.6) is 0 Å². The molecule has 4 nitrogen and oxygen atoms in total. The molecule has 3 N–H and O–H groups in total. The minimum atomic E-state index is -0.735. The van der Waals surface area contributed by atoms with Gasteiger partial charge < -0.3 is 15.7 Å². The van der Waals surface area contributed by atoms with Crippen LogP contribution in [-0.2, 0) is 4.79 Å². The van der Waals surface area contributed by atoms with Crippen molar-refractivity contribution in [1.29, 1.82) is 0 Å².